The van der Waals surface area contributed by atoms with E-state index in [2.05, 4.69) is 34.7 Å². The van der Waals surface area contributed by atoms with Crippen LogP contribution in [0.15, 0.2) is 35.3 Å². The standard InChI is InChI=1S/C15H21BrFN/c1-3-5-6-7-15(18-10-4-2)12-8-9-13(16)14(17)11-12/h3,8-9,11,15,18H,1,4-7,10H2,2H3. The lowest BCUT2D eigenvalue weighted by atomic mass is 10.0. The third-order valence-electron chi connectivity index (χ3n) is 2.89. The van der Waals surface area contributed by atoms with Gasteiger partial charge >= 0.3 is 0 Å². The molecule has 0 aliphatic rings. The van der Waals surface area contributed by atoms with Gasteiger partial charge in [0.25, 0.3) is 0 Å². The number of nitrogens with one attached hydrogen (secondary N) is 1. The Hall–Kier alpha value is -0.670. The highest BCUT2D eigenvalue weighted by Gasteiger charge is 2.11. The molecular weight excluding hydrogens is 293 g/mol. The van der Waals surface area contributed by atoms with Crippen LogP contribution in [-0.2, 0) is 0 Å². The largest absolute Gasteiger partial charge is 0.310 e. The van der Waals surface area contributed by atoms with E-state index in [4.69, 9.17) is 0 Å². The predicted molar refractivity (Wildman–Crippen MR) is 79.2 cm³/mol. The average Bonchev–Trinajstić information content (AvgIpc) is 2.37. The number of allylic oxidation sites excluding steroid dienone is 1. The van der Waals surface area contributed by atoms with E-state index in [9.17, 15) is 4.39 Å². The molecule has 1 atom stereocenters. The van der Waals surface area contributed by atoms with Crippen molar-refractivity contribution in [1.82, 2.24) is 5.32 Å². The van der Waals surface area contributed by atoms with Crippen molar-refractivity contribution in [1.29, 1.82) is 0 Å². The zero-order chi connectivity index (χ0) is 13.4. The van der Waals surface area contributed by atoms with Crippen molar-refractivity contribution in [2.75, 3.05) is 6.54 Å². The summed E-state index contributed by atoms with van der Waals surface area (Å²) in [5, 5.41) is 3.48. The molecule has 0 heterocycles. The van der Waals surface area contributed by atoms with Crippen LogP contribution in [0.5, 0.6) is 0 Å². The second-order valence-electron chi connectivity index (χ2n) is 4.40. The summed E-state index contributed by atoms with van der Waals surface area (Å²) in [6, 6.07) is 5.60. The Labute approximate surface area is 118 Å². The first-order valence-electron chi connectivity index (χ1n) is 6.48. The van der Waals surface area contributed by atoms with Crippen molar-refractivity contribution in [3.05, 3.63) is 46.7 Å². The fourth-order valence-electron chi connectivity index (χ4n) is 1.90. The molecule has 1 aromatic rings. The van der Waals surface area contributed by atoms with Crippen LogP contribution < -0.4 is 5.32 Å². The normalized spacial score (nSPS) is 12.4. The van der Waals surface area contributed by atoms with Gasteiger partial charge in [0.15, 0.2) is 0 Å². The minimum absolute atomic E-state index is 0.195. The molecule has 18 heavy (non-hydrogen) atoms. The molecule has 0 bridgehead atoms. The topological polar surface area (TPSA) is 12.0 Å². The van der Waals surface area contributed by atoms with Gasteiger partial charge in [0.05, 0.1) is 4.47 Å². The van der Waals surface area contributed by atoms with Gasteiger partial charge in [0.2, 0.25) is 0 Å². The third kappa shape index (κ3) is 4.91. The molecule has 0 radical (unpaired) electrons. The van der Waals surface area contributed by atoms with Crippen LogP contribution in [0.4, 0.5) is 4.39 Å². The molecule has 100 valence electrons. The molecule has 1 rings (SSSR count). The van der Waals surface area contributed by atoms with Gasteiger partial charge in [0, 0.05) is 6.04 Å². The molecule has 0 saturated heterocycles. The second kappa shape index (κ2) is 8.44. The first-order chi connectivity index (χ1) is 8.69. The first kappa shape index (κ1) is 15.4. The van der Waals surface area contributed by atoms with Gasteiger partial charge in [-0.05, 0) is 65.9 Å². The van der Waals surface area contributed by atoms with Gasteiger partial charge in [0.1, 0.15) is 5.82 Å². The number of halogens is 2. The summed E-state index contributed by atoms with van der Waals surface area (Å²) < 4.78 is 14.1. The highest BCUT2D eigenvalue weighted by atomic mass is 79.9. The van der Waals surface area contributed by atoms with E-state index in [-0.39, 0.29) is 11.9 Å². The predicted octanol–water partition coefficient (Wildman–Crippen LogP) is 4.99. The Kier molecular flexibility index (Phi) is 7.21. The highest BCUT2D eigenvalue weighted by Crippen LogP contribution is 2.24. The van der Waals surface area contributed by atoms with E-state index in [1.54, 1.807) is 12.1 Å². The molecule has 0 fully saturated rings. The van der Waals surface area contributed by atoms with Crippen LogP contribution in [-0.4, -0.2) is 6.54 Å². The van der Waals surface area contributed by atoms with Crippen LogP contribution >= 0.6 is 15.9 Å². The lowest BCUT2D eigenvalue weighted by Gasteiger charge is -2.19. The van der Waals surface area contributed by atoms with Crippen molar-refractivity contribution >= 4 is 15.9 Å². The summed E-state index contributed by atoms with van der Waals surface area (Å²) in [4.78, 5) is 0. The number of hydrogen-bond acceptors (Lipinski definition) is 1. The van der Waals surface area contributed by atoms with Crippen LogP contribution in [0.2, 0.25) is 0 Å². The molecular formula is C15H21BrFN. The maximum Gasteiger partial charge on any atom is 0.137 e. The number of benzene rings is 1. The minimum Gasteiger partial charge on any atom is -0.310 e. The summed E-state index contributed by atoms with van der Waals surface area (Å²) in [5.41, 5.74) is 1.02. The molecule has 3 heteroatoms. The monoisotopic (exact) mass is 313 g/mol. The van der Waals surface area contributed by atoms with E-state index in [1.807, 2.05) is 12.1 Å². The van der Waals surface area contributed by atoms with E-state index in [1.165, 1.54) is 0 Å². The Morgan fingerprint density at radius 2 is 2.28 bits per heavy atom. The van der Waals surface area contributed by atoms with Gasteiger partial charge in [-0.1, -0.05) is 19.1 Å². The Morgan fingerprint density at radius 3 is 2.89 bits per heavy atom. The first-order valence-corrected chi connectivity index (χ1v) is 7.27. The van der Waals surface area contributed by atoms with Gasteiger partial charge < -0.3 is 5.32 Å². The van der Waals surface area contributed by atoms with Gasteiger partial charge in [-0.2, -0.15) is 0 Å². The lowest BCUT2D eigenvalue weighted by Crippen LogP contribution is -2.22. The molecule has 0 aromatic heterocycles. The highest BCUT2D eigenvalue weighted by molar-refractivity contribution is 9.10. The third-order valence-corrected chi connectivity index (χ3v) is 3.53. The zero-order valence-corrected chi connectivity index (χ0v) is 12.5. The van der Waals surface area contributed by atoms with E-state index in [0.29, 0.717) is 4.47 Å². The fraction of sp³-hybridized carbons (Fsp3) is 0.467. The molecule has 1 aromatic carbocycles. The molecule has 1 N–H and O–H groups in total. The molecule has 1 nitrogen and oxygen atoms in total. The van der Waals surface area contributed by atoms with Crippen molar-refractivity contribution in [3.8, 4) is 0 Å². The SMILES string of the molecule is C=CCCCC(NCCC)c1ccc(Br)c(F)c1. The number of hydrogen-bond donors (Lipinski definition) is 1. The molecule has 0 aliphatic heterocycles. The minimum atomic E-state index is -0.195. The maximum absolute atomic E-state index is 13.6. The molecule has 0 amide bonds. The summed E-state index contributed by atoms with van der Waals surface area (Å²) in [6.07, 6.45) is 6.09. The second-order valence-corrected chi connectivity index (χ2v) is 5.25. The van der Waals surface area contributed by atoms with Crippen molar-refractivity contribution in [2.45, 2.75) is 38.6 Å². The van der Waals surface area contributed by atoms with E-state index >= 15 is 0 Å². The van der Waals surface area contributed by atoms with Crippen LogP contribution in [0.3, 0.4) is 0 Å². The van der Waals surface area contributed by atoms with Crippen LogP contribution in [0.1, 0.15) is 44.2 Å². The number of rotatable bonds is 8. The zero-order valence-electron chi connectivity index (χ0n) is 10.9. The Morgan fingerprint density at radius 1 is 1.50 bits per heavy atom. The summed E-state index contributed by atoms with van der Waals surface area (Å²) in [7, 11) is 0. The van der Waals surface area contributed by atoms with E-state index in [0.717, 1.165) is 37.8 Å². The van der Waals surface area contributed by atoms with Gasteiger partial charge in [-0.3, -0.25) is 0 Å². The van der Waals surface area contributed by atoms with E-state index < -0.39 is 0 Å². The molecule has 0 saturated carbocycles. The quantitative estimate of drug-likeness (QED) is 0.527. The smallest absolute Gasteiger partial charge is 0.137 e. The van der Waals surface area contributed by atoms with Gasteiger partial charge in [-0.15, -0.1) is 6.58 Å². The summed E-state index contributed by atoms with van der Waals surface area (Å²) >= 11 is 3.19. The van der Waals surface area contributed by atoms with Crippen molar-refractivity contribution in [3.63, 3.8) is 0 Å². The summed E-state index contributed by atoms with van der Waals surface area (Å²) in [5.74, 6) is -0.195. The number of unbranched alkanes of at least 4 members (excludes halogenated alkanes) is 1. The fourth-order valence-corrected chi connectivity index (χ4v) is 2.15. The van der Waals surface area contributed by atoms with Crippen molar-refractivity contribution < 1.29 is 4.39 Å². The summed E-state index contributed by atoms with van der Waals surface area (Å²) in [6.45, 7) is 6.82. The molecule has 0 spiro atoms. The van der Waals surface area contributed by atoms with Crippen LogP contribution in [0.25, 0.3) is 0 Å². The maximum atomic E-state index is 13.6. The Balaban J connectivity index is 2.72. The molecule has 1 unspecified atom stereocenters. The van der Waals surface area contributed by atoms with Gasteiger partial charge in [-0.25, -0.2) is 4.39 Å². The van der Waals surface area contributed by atoms with Crippen LogP contribution in [0, 0.1) is 5.82 Å². The lowest BCUT2D eigenvalue weighted by molar-refractivity contribution is 0.483. The molecule has 0 aliphatic carbocycles. The van der Waals surface area contributed by atoms with Crippen molar-refractivity contribution in [2.24, 2.45) is 0 Å². The average molecular weight is 314 g/mol. The Bertz CT molecular complexity index is 379.